The van der Waals surface area contributed by atoms with E-state index in [1.807, 2.05) is 0 Å². The number of rotatable bonds is 3. The molecule has 1 heterocycles. The normalized spacial score (nSPS) is 11.0. The largest absolute Gasteiger partial charge is 0.478 e. The molecule has 0 spiro atoms. The Labute approximate surface area is 109 Å². The zero-order chi connectivity index (χ0) is 14.2. The molecule has 0 atom stereocenters. The Morgan fingerprint density at radius 1 is 1.26 bits per heavy atom. The standard InChI is InChI=1S/C14H13F2NO2/c1-8-6-12(13(15)16)9(2)17(8)11-5-3-4-10(7-11)14(18)19/h3-7,13H,1-2H3,(H,18,19). The lowest BCUT2D eigenvalue weighted by atomic mass is 10.2. The summed E-state index contributed by atoms with van der Waals surface area (Å²) >= 11 is 0. The molecular formula is C14H13F2NO2. The Morgan fingerprint density at radius 2 is 1.95 bits per heavy atom. The molecule has 2 rings (SSSR count). The number of carboxylic acids is 1. The third-order valence-corrected chi connectivity index (χ3v) is 3.06. The molecule has 3 nitrogen and oxygen atoms in total. The highest BCUT2D eigenvalue weighted by Gasteiger charge is 2.18. The number of hydrogen-bond donors (Lipinski definition) is 1. The molecule has 1 N–H and O–H groups in total. The quantitative estimate of drug-likeness (QED) is 0.918. The minimum absolute atomic E-state index is 0.0294. The number of alkyl halides is 2. The highest BCUT2D eigenvalue weighted by Crippen LogP contribution is 2.28. The molecule has 0 aliphatic heterocycles. The highest BCUT2D eigenvalue weighted by atomic mass is 19.3. The monoisotopic (exact) mass is 265 g/mol. The van der Waals surface area contributed by atoms with E-state index in [4.69, 9.17) is 5.11 Å². The van der Waals surface area contributed by atoms with E-state index < -0.39 is 12.4 Å². The third-order valence-electron chi connectivity index (χ3n) is 3.06. The molecule has 0 saturated carbocycles. The number of carbonyl (C=O) groups is 1. The molecule has 0 fully saturated rings. The second-order valence-corrected chi connectivity index (χ2v) is 4.32. The van der Waals surface area contributed by atoms with E-state index >= 15 is 0 Å². The van der Waals surface area contributed by atoms with E-state index in [2.05, 4.69) is 0 Å². The topological polar surface area (TPSA) is 42.2 Å². The lowest BCUT2D eigenvalue weighted by Gasteiger charge is -2.10. The van der Waals surface area contributed by atoms with Gasteiger partial charge in [-0.15, -0.1) is 0 Å². The minimum atomic E-state index is -2.54. The van der Waals surface area contributed by atoms with Crippen molar-refractivity contribution in [2.24, 2.45) is 0 Å². The third kappa shape index (κ3) is 2.36. The summed E-state index contributed by atoms with van der Waals surface area (Å²) in [6, 6.07) is 7.65. The number of aromatic nitrogens is 1. The van der Waals surface area contributed by atoms with Gasteiger partial charge in [-0.1, -0.05) is 6.07 Å². The summed E-state index contributed by atoms with van der Waals surface area (Å²) in [6.45, 7) is 3.31. The molecule has 0 radical (unpaired) electrons. The highest BCUT2D eigenvalue weighted by molar-refractivity contribution is 5.88. The van der Waals surface area contributed by atoms with Crippen LogP contribution in [0.25, 0.3) is 5.69 Å². The molecule has 1 aromatic heterocycles. The summed E-state index contributed by atoms with van der Waals surface area (Å²) in [6.07, 6.45) is -2.54. The lowest BCUT2D eigenvalue weighted by Crippen LogP contribution is -2.03. The van der Waals surface area contributed by atoms with Crippen molar-refractivity contribution in [3.8, 4) is 5.69 Å². The van der Waals surface area contributed by atoms with E-state index in [-0.39, 0.29) is 11.1 Å². The van der Waals surface area contributed by atoms with Gasteiger partial charge in [0.05, 0.1) is 5.56 Å². The number of nitrogens with zero attached hydrogens (tertiary/aromatic N) is 1. The van der Waals surface area contributed by atoms with Crippen LogP contribution in [0.2, 0.25) is 0 Å². The Kier molecular flexibility index (Phi) is 3.38. The molecule has 0 unspecified atom stereocenters. The molecule has 0 amide bonds. The van der Waals surface area contributed by atoms with Crippen LogP contribution in [-0.2, 0) is 0 Å². The fourth-order valence-corrected chi connectivity index (χ4v) is 2.18. The van der Waals surface area contributed by atoms with Crippen LogP contribution in [0.4, 0.5) is 8.78 Å². The first-order chi connectivity index (χ1) is 8.91. The maximum Gasteiger partial charge on any atom is 0.335 e. The molecule has 2 aromatic rings. The van der Waals surface area contributed by atoms with Crippen LogP contribution in [0.1, 0.15) is 33.7 Å². The van der Waals surface area contributed by atoms with Gasteiger partial charge in [-0.2, -0.15) is 0 Å². The molecule has 0 saturated heterocycles. The van der Waals surface area contributed by atoms with Gasteiger partial charge in [-0.05, 0) is 38.1 Å². The van der Waals surface area contributed by atoms with E-state index in [1.165, 1.54) is 18.2 Å². The first-order valence-electron chi connectivity index (χ1n) is 5.72. The van der Waals surface area contributed by atoms with Crippen LogP contribution in [-0.4, -0.2) is 15.6 Å². The zero-order valence-corrected chi connectivity index (χ0v) is 10.5. The van der Waals surface area contributed by atoms with Crippen LogP contribution >= 0.6 is 0 Å². The van der Waals surface area contributed by atoms with Gasteiger partial charge >= 0.3 is 5.97 Å². The lowest BCUT2D eigenvalue weighted by molar-refractivity contribution is 0.0696. The Bertz CT molecular complexity index is 632. The molecule has 19 heavy (non-hydrogen) atoms. The smallest absolute Gasteiger partial charge is 0.335 e. The SMILES string of the molecule is Cc1cc(C(F)F)c(C)n1-c1cccc(C(=O)O)c1. The maximum atomic E-state index is 12.8. The van der Waals surface area contributed by atoms with Crippen molar-refractivity contribution in [3.05, 3.63) is 52.8 Å². The van der Waals surface area contributed by atoms with Crippen molar-refractivity contribution in [2.45, 2.75) is 20.3 Å². The Balaban J connectivity index is 2.59. The van der Waals surface area contributed by atoms with Crippen molar-refractivity contribution in [3.63, 3.8) is 0 Å². The van der Waals surface area contributed by atoms with E-state index in [0.29, 0.717) is 17.1 Å². The first-order valence-corrected chi connectivity index (χ1v) is 5.72. The van der Waals surface area contributed by atoms with Gasteiger partial charge in [-0.3, -0.25) is 0 Å². The summed E-state index contributed by atoms with van der Waals surface area (Å²) < 4.78 is 27.3. The van der Waals surface area contributed by atoms with Crippen molar-refractivity contribution >= 4 is 5.97 Å². The second-order valence-electron chi connectivity index (χ2n) is 4.32. The van der Waals surface area contributed by atoms with Crippen molar-refractivity contribution in [2.75, 3.05) is 0 Å². The fraction of sp³-hybridized carbons (Fsp3) is 0.214. The second kappa shape index (κ2) is 4.84. The number of aromatic carboxylic acids is 1. The number of hydrogen-bond acceptors (Lipinski definition) is 1. The van der Waals surface area contributed by atoms with Gasteiger partial charge in [0.2, 0.25) is 0 Å². The average Bonchev–Trinajstić information content (AvgIpc) is 2.65. The van der Waals surface area contributed by atoms with Crippen LogP contribution in [0, 0.1) is 13.8 Å². The zero-order valence-electron chi connectivity index (χ0n) is 10.5. The van der Waals surface area contributed by atoms with Gasteiger partial charge in [-0.25, -0.2) is 13.6 Å². The van der Waals surface area contributed by atoms with E-state index in [9.17, 15) is 13.6 Å². The van der Waals surface area contributed by atoms with Crippen molar-refractivity contribution < 1.29 is 18.7 Å². The van der Waals surface area contributed by atoms with Crippen molar-refractivity contribution in [1.82, 2.24) is 4.57 Å². The van der Waals surface area contributed by atoms with E-state index in [0.717, 1.165) is 0 Å². The van der Waals surface area contributed by atoms with Crippen LogP contribution in [0.3, 0.4) is 0 Å². The predicted octanol–water partition coefficient (Wildman–Crippen LogP) is 3.73. The number of carboxylic acid groups (broad SMARTS) is 1. The number of halogens is 2. The molecule has 100 valence electrons. The Morgan fingerprint density at radius 3 is 2.47 bits per heavy atom. The summed E-state index contributed by atoms with van der Waals surface area (Å²) in [7, 11) is 0. The molecule has 5 heteroatoms. The average molecular weight is 265 g/mol. The Hall–Kier alpha value is -2.17. The van der Waals surface area contributed by atoms with Gasteiger partial charge in [0.25, 0.3) is 6.43 Å². The predicted molar refractivity (Wildman–Crippen MR) is 67.2 cm³/mol. The van der Waals surface area contributed by atoms with Crippen LogP contribution in [0.15, 0.2) is 30.3 Å². The summed E-state index contributed by atoms with van der Waals surface area (Å²) in [5, 5.41) is 8.96. The van der Waals surface area contributed by atoms with Crippen molar-refractivity contribution in [1.29, 1.82) is 0 Å². The summed E-state index contributed by atoms with van der Waals surface area (Å²) in [4.78, 5) is 10.9. The first kappa shape index (κ1) is 13.3. The fourth-order valence-electron chi connectivity index (χ4n) is 2.18. The van der Waals surface area contributed by atoms with Gasteiger partial charge < -0.3 is 9.67 Å². The maximum absolute atomic E-state index is 12.8. The minimum Gasteiger partial charge on any atom is -0.478 e. The van der Waals surface area contributed by atoms with Gasteiger partial charge in [0.1, 0.15) is 0 Å². The van der Waals surface area contributed by atoms with Crippen LogP contribution in [0.5, 0.6) is 0 Å². The van der Waals surface area contributed by atoms with Gasteiger partial charge in [0.15, 0.2) is 0 Å². The molecule has 0 bridgehead atoms. The number of benzene rings is 1. The molecular weight excluding hydrogens is 252 g/mol. The van der Waals surface area contributed by atoms with Gasteiger partial charge in [0, 0.05) is 22.6 Å². The molecule has 0 aliphatic rings. The summed E-state index contributed by atoms with van der Waals surface area (Å²) in [5.41, 5.74) is 1.74. The molecule has 1 aromatic carbocycles. The summed E-state index contributed by atoms with van der Waals surface area (Å²) in [5.74, 6) is -1.04. The molecule has 0 aliphatic carbocycles. The van der Waals surface area contributed by atoms with E-state index in [1.54, 1.807) is 30.5 Å². The number of aryl methyl sites for hydroxylation is 1. The van der Waals surface area contributed by atoms with Crippen LogP contribution < -0.4 is 0 Å².